The number of nitrogens with one attached hydrogen (secondary N) is 1. The Labute approximate surface area is 123 Å². The minimum atomic E-state index is 0.0462. The number of hydrogen-bond acceptors (Lipinski definition) is 3. The van der Waals surface area contributed by atoms with E-state index in [0.29, 0.717) is 10.6 Å². The summed E-state index contributed by atoms with van der Waals surface area (Å²) in [5.41, 5.74) is 8.38. The molecule has 0 saturated heterocycles. The van der Waals surface area contributed by atoms with Crippen LogP contribution in [0.5, 0.6) is 0 Å². The lowest BCUT2D eigenvalue weighted by atomic mass is 10.1. The van der Waals surface area contributed by atoms with Crippen molar-refractivity contribution in [3.8, 4) is 0 Å². The highest BCUT2D eigenvalue weighted by Crippen LogP contribution is 2.26. The van der Waals surface area contributed by atoms with E-state index in [0.717, 1.165) is 24.3 Å². The number of rotatable bonds is 5. The molecule has 0 aliphatic carbocycles. The van der Waals surface area contributed by atoms with Gasteiger partial charge in [-0.05, 0) is 42.8 Å². The third-order valence-corrected chi connectivity index (χ3v) is 3.33. The van der Waals surface area contributed by atoms with Crippen molar-refractivity contribution in [1.29, 1.82) is 5.41 Å². The van der Waals surface area contributed by atoms with Gasteiger partial charge in [0, 0.05) is 41.8 Å². The number of halogens is 1. The van der Waals surface area contributed by atoms with Crippen LogP contribution in [-0.2, 0) is 6.54 Å². The van der Waals surface area contributed by atoms with Gasteiger partial charge >= 0.3 is 0 Å². The Morgan fingerprint density at radius 3 is 2.60 bits per heavy atom. The van der Waals surface area contributed by atoms with Crippen molar-refractivity contribution in [3.05, 3.63) is 58.9 Å². The maximum Gasteiger partial charge on any atom is 0.124 e. The molecule has 20 heavy (non-hydrogen) atoms. The van der Waals surface area contributed by atoms with E-state index in [-0.39, 0.29) is 5.84 Å². The van der Waals surface area contributed by atoms with Gasteiger partial charge in [-0.15, -0.1) is 0 Å². The molecule has 4 nitrogen and oxygen atoms in total. The van der Waals surface area contributed by atoms with E-state index in [2.05, 4.69) is 16.8 Å². The van der Waals surface area contributed by atoms with Gasteiger partial charge < -0.3 is 10.6 Å². The summed E-state index contributed by atoms with van der Waals surface area (Å²) in [6.45, 7) is 3.58. The monoisotopic (exact) mass is 288 g/mol. The van der Waals surface area contributed by atoms with E-state index in [1.807, 2.05) is 18.2 Å². The number of aromatic nitrogens is 1. The molecule has 5 heteroatoms. The Bertz CT molecular complexity index is 598. The number of amidine groups is 1. The van der Waals surface area contributed by atoms with Crippen LogP contribution in [0.2, 0.25) is 5.02 Å². The Kier molecular flexibility index (Phi) is 4.58. The van der Waals surface area contributed by atoms with Crippen LogP contribution in [0, 0.1) is 5.41 Å². The third-order valence-electron chi connectivity index (χ3n) is 3.10. The van der Waals surface area contributed by atoms with Crippen LogP contribution in [0.25, 0.3) is 0 Å². The second kappa shape index (κ2) is 6.39. The molecule has 1 aromatic heterocycles. The zero-order valence-electron chi connectivity index (χ0n) is 11.3. The molecule has 2 rings (SSSR count). The lowest BCUT2D eigenvalue weighted by Crippen LogP contribution is -2.25. The molecule has 2 aromatic rings. The SMILES string of the molecule is CCN(Cc1ccncc1)c1cc(Cl)ccc1C(=N)N. The largest absolute Gasteiger partial charge is 0.384 e. The number of hydrogen-bond donors (Lipinski definition) is 2. The van der Waals surface area contributed by atoms with Gasteiger partial charge in [0.1, 0.15) is 5.84 Å². The first-order chi connectivity index (χ1) is 9.61. The summed E-state index contributed by atoms with van der Waals surface area (Å²) in [6.07, 6.45) is 3.54. The van der Waals surface area contributed by atoms with Gasteiger partial charge in [-0.2, -0.15) is 0 Å². The average Bonchev–Trinajstić information content (AvgIpc) is 2.45. The van der Waals surface area contributed by atoms with Gasteiger partial charge in [-0.25, -0.2) is 0 Å². The molecule has 1 aromatic carbocycles. The van der Waals surface area contributed by atoms with Crippen LogP contribution in [0.1, 0.15) is 18.1 Å². The smallest absolute Gasteiger partial charge is 0.124 e. The maximum absolute atomic E-state index is 7.69. The second-order valence-corrected chi connectivity index (χ2v) is 4.88. The minimum Gasteiger partial charge on any atom is -0.384 e. The molecule has 0 bridgehead atoms. The fourth-order valence-corrected chi connectivity index (χ4v) is 2.24. The first kappa shape index (κ1) is 14.3. The average molecular weight is 289 g/mol. The first-order valence-corrected chi connectivity index (χ1v) is 6.77. The molecule has 104 valence electrons. The molecule has 0 fully saturated rings. The highest BCUT2D eigenvalue weighted by atomic mass is 35.5. The number of nitrogens with two attached hydrogens (primary N) is 1. The summed E-state index contributed by atoms with van der Waals surface area (Å²) in [5, 5.41) is 8.33. The summed E-state index contributed by atoms with van der Waals surface area (Å²) in [4.78, 5) is 6.15. The van der Waals surface area contributed by atoms with Gasteiger partial charge in [0.2, 0.25) is 0 Å². The van der Waals surface area contributed by atoms with E-state index in [9.17, 15) is 0 Å². The predicted octanol–water partition coefficient (Wildman–Crippen LogP) is 3.05. The van der Waals surface area contributed by atoms with E-state index in [4.69, 9.17) is 22.7 Å². The van der Waals surface area contributed by atoms with Crippen molar-refractivity contribution in [3.63, 3.8) is 0 Å². The first-order valence-electron chi connectivity index (χ1n) is 6.39. The standard InChI is InChI=1S/C15H17ClN4/c1-2-20(10-11-5-7-19-8-6-11)14-9-12(16)3-4-13(14)15(17)18/h3-9H,2,10H2,1H3,(H3,17,18). The number of anilines is 1. The van der Waals surface area contributed by atoms with Gasteiger partial charge in [-0.1, -0.05) is 11.6 Å². The molecule has 0 spiro atoms. The highest BCUT2D eigenvalue weighted by molar-refractivity contribution is 6.31. The molecule has 0 saturated carbocycles. The van der Waals surface area contributed by atoms with E-state index >= 15 is 0 Å². The predicted molar refractivity (Wildman–Crippen MR) is 83.4 cm³/mol. The summed E-state index contributed by atoms with van der Waals surface area (Å²) in [7, 11) is 0. The molecule has 0 unspecified atom stereocenters. The van der Waals surface area contributed by atoms with Gasteiger partial charge in [0.05, 0.1) is 0 Å². The topological polar surface area (TPSA) is 66.0 Å². The molecule has 0 atom stereocenters. The fraction of sp³-hybridized carbons (Fsp3) is 0.200. The number of benzene rings is 1. The minimum absolute atomic E-state index is 0.0462. The number of nitrogen functional groups attached to an aromatic ring is 1. The molecule has 3 N–H and O–H groups in total. The van der Waals surface area contributed by atoms with Crippen LogP contribution in [0.3, 0.4) is 0 Å². The fourth-order valence-electron chi connectivity index (χ4n) is 2.07. The van der Waals surface area contributed by atoms with Gasteiger partial charge in [-0.3, -0.25) is 10.4 Å². The molecule has 0 amide bonds. The molecule has 0 aliphatic rings. The van der Waals surface area contributed by atoms with E-state index in [1.54, 1.807) is 24.5 Å². The van der Waals surface area contributed by atoms with Crippen molar-refractivity contribution in [2.45, 2.75) is 13.5 Å². The lowest BCUT2D eigenvalue weighted by molar-refractivity contribution is 0.829. The quantitative estimate of drug-likeness (QED) is 0.656. The van der Waals surface area contributed by atoms with Crippen LogP contribution in [-0.4, -0.2) is 17.4 Å². The normalized spacial score (nSPS) is 10.3. The Morgan fingerprint density at radius 2 is 2.00 bits per heavy atom. The molecular weight excluding hydrogens is 272 g/mol. The lowest BCUT2D eigenvalue weighted by Gasteiger charge is -2.25. The summed E-state index contributed by atoms with van der Waals surface area (Å²) in [6, 6.07) is 9.33. The summed E-state index contributed by atoms with van der Waals surface area (Å²) >= 11 is 6.08. The van der Waals surface area contributed by atoms with E-state index < -0.39 is 0 Å². The molecular formula is C15H17ClN4. The maximum atomic E-state index is 7.69. The van der Waals surface area contributed by atoms with Crippen LogP contribution in [0.4, 0.5) is 5.69 Å². The van der Waals surface area contributed by atoms with Crippen molar-refractivity contribution >= 4 is 23.1 Å². The second-order valence-electron chi connectivity index (χ2n) is 4.44. The van der Waals surface area contributed by atoms with Crippen molar-refractivity contribution in [1.82, 2.24) is 4.98 Å². The molecule has 1 heterocycles. The van der Waals surface area contributed by atoms with Crippen molar-refractivity contribution in [2.75, 3.05) is 11.4 Å². The highest BCUT2D eigenvalue weighted by Gasteiger charge is 2.13. The molecule has 0 aliphatic heterocycles. The van der Waals surface area contributed by atoms with Gasteiger partial charge in [0.25, 0.3) is 0 Å². The summed E-state index contributed by atoms with van der Waals surface area (Å²) < 4.78 is 0. The van der Waals surface area contributed by atoms with Crippen LogP contribution >= 0.6 is 11.6 Å². The zero-order valence-corrected chi connectivity index (χ0v) is 12.1. The molecule has 0 radical (unpaired) electrons. The van der Waals surface area contributed by atoms with Crippen LogP contribution < -0.4 is 10.6 Å². The Morgan fingerprint density at radius 1 is 1.30 bits per heavy atom. The zero-order chi connectivity index (χ0) is 14.5. The van der Waals surface area contributed by atoms with Gasteiger partial charge in [0.15, 0.2) is 0 Å². The van der Waals surface area contributed by atoms with Crippen molar-refractivity contribution < 1.29 is 0 Å². The third kappa shape index (κ3) is 3.27. The Balaban J connectivity index is 2.36. The Hall–Kier alpha value is -2.07. The number of nitrogens with zero attached hydrogens (tertiary/aromatic N) is 2. The van der Waals surface area contributed by atoms with Crippen molar-refractivity contribution in [2.24, 2.45) is 5.73 Å². The summed E-state index contributed by atoms with van der Waals surface area (Å²) in [5.74, 6) is 0.0462. The van der Waals surface area contributed by atoms with Crippen LogP contribution in [0.15, 0.2) is 42.7 Å². The van der Waals surface area contributed by atoms with E-state index in [1.165, 1.54) is 0 Å². The number of pyridine rings is 1.